The summed E-state index contributed by atoms with van der Waals surface area (Å²) in [5.41, 5.74) is 9.03. The summed E-state index contributed by atoms with van der Waals surface area (Å²) in [5, 5.41) is 4.94. The van der Waals surface area contributed by atoms with E-state index in [1.165, 1.54) is 38.9 Å². The molecular formula is C39H50N4O3. The van der Waals surface area contributed by atoms with Crippen LogP contribution < -0.4 is 5.32 Å². The maximum absolute atomic E-state index is 14.0. The van der Waals surface area contributed by atoms with Gasteiger partial charge < -0.3 is 24.7 Å². The Balaban J connectivity index is 1.23. The van der Waals surface area contributed by atoms with Crippen molar-refractivity contribution < 1.29 is 14.3 Å². The van der Waals surface area contributed by atoms with Crippen molar-refractivity contribution in [2.45, 2.75) is 83.8 Å². The van der Waals surface area contributed by atoms with E-state index in [2.05, 4.69) is 98.4 Å². The summed E-state index contributed by atoms with van der Waals surface area (Å²) in [5.74, 6) is -0.0647. The van der Waals surface area contributed by atoms with Gasteiger partial charge in [0.05, 0.1) is 24.3 Å². The second-order valence-corrected chi connectivity index (χ2v) is 14.0. The van der Waals surface area contributed by atoms with Gasteiger partial charge in [-0.3, -0.25) is 9.78 Å². The quantitative estimate of drug-likeness (QED) is 0.173. The number of nitrogens with zero attached hydrogens (tertiary/aromatic N) is 2. The maximum Gasteiger partial charge on any atom is 0.232 e. The molecule has 2 aromatic heterocycles. The Morgan fingerprint density at radius 2 is 1.70 bits per heavy atom. The van der Waals surface area contributed by atoms with Gasteiger partial charge in [0.15, 0.2) is 5.79 Å². The van der Waals surface area contributed by atoms with Gasteiger partial charge >= 0.3 is 0 Å². The number of carbonyl (C=O) groups excluding carboxylic acids is 1. The van der Waals surface area contributed by atoms with Gasteiger partial charge in [-0.05, 0) is 118 Å². The van der Waals surface area contributed by atoms with Crippen LogP contribution >= 0.6 is 0 Å². The number of aromatic amines is 1. The van der Waals surface area contributed by atoms with Gasteiger partial charge in [-0.15, -0.1) is 0 Å². The van der Waals surface area contributed by atoms with Crippen molar-refractivity contribution >= 4 is 16.8 Å². The Hall–Kier alpha value is -3.52. The molecule has 4 heterocycles. The van der Waals surface area contributed by atoms with Gasteiger partial charge in [0.25, 0.3) is 0 Å². The van der Waals surface area contributed by atoms with E-state index < -0.39 is 11.2 Å². The fourth-order valence-electron chi connectivity index (χ4n) is 7.36. The van der Waals surface area contributed by atoms with Crippen LogP contribution in [0.2, 0.25) is 0 Å². The van der Waals surface area contributed by atoms with E-state index in [0.29, 0.717) is 26.3 Å². The van der Waals surface area contributed by atoms with Crippen molar-refractivity contribution in [3.63, 3.8) is 0 Å². The number of aryl methyl sites for hydroxylation is 3. The molecule has 7 nitrogen and oxygen atoms in total. The van der Waals surface area contributed by atoms with Crippen LogP contribution in [0.15, 0.2) is 60.9 Å². The van der Waals surface area contributed by atoms with Crippen LogP contribution in [-0.4, -0.2) is 66.0 Å². The first-order valence-corrected chi connectivity index (χ1v) is 17.1. The van der Waals surface area contributed by atoms with Gasteiger partial charge in [-0.1, -0.05) is 30.2 Å². The average molecular weight is 623 g/mol. The smallest absolute Gasteiger partial charge is 0.232 e. The molecular weight excluding hydrogens is 572 g/mol. The standard InChI is InChI=1S/C39H50N4O3/c1-27-22-28(2)24-31(23-27)36-35(29(3)26-41-15-7-6-8-30-11-16-40-17-12-30)33-25-32(9-10-34(33)42-36)38(4,5)37(44)43-18-13-39(14-19-43)45-20-21-46-39/h9-12,16-17,22-25,29,41-42H,6-8,13-15,18-21,26H2,1-5H3/t29-/m1/s1. The lowest BCUT2D eigenvalue weighted by Gasteiger charge is -2.40. The Kier molecular flexibility index (Phi) is 9.64. The predicted molar refractivity (Wildman–Crippen MR) is 185 cm³/mol. The molecule has 2 N–H and O–H groups in total. The topological polar surface area (TPSA) is 79.5 Å². The molecule has 46 heavy (non-hydrogen) atoms. The normalized spacial score (nSPS) is 17.2. The number of fused-ring (bicyclic) bond motifs is 1. The first-order chi connectivity index (χ1) is 22.1. The Labute approximate surface area is 274 Å². The lowest BCUT2D eigenvalue weighted by molar-refractivity contribution is -0.188. The van der Waals surface area contributed by atoms with Crippen LogP contribution in [0.4, 0.5) is 0 Å². The van der Waals surface area contributed by atoms with E-state index in [4.69, 9.17) is 9.47 Å². The Bertz CT molecular complexity index is 1620. The molecule has 0 aliphatic carbocycles. The predicted octanol–water partition coefficient (Wildman–Crippen LogP) is 7.21. The van der Waals surface area contributed by atoms with E-state index in [0.717, 1.165) is 56.3 Å². The number of nitrogens with one attached hydrogen (secondary N) is 2. The molecule has 1 atom stereocenters. The highest BCUT2D eigenvalue weighted by atomic mass is 16.7. The molecule has 244 valence electrons. The Morgan fingerprint density at radius 3 is 2.39 bits per heavy atom. The molecule has 0 bridgehead atoms. The van der Waals surface area contributed by atoms with E-state index in [1.54, 1.807) is 0 Å². The minimum atomic E-state index is -0.666. The van der Waals surface area contributed by atoms with Crippen LogP contribution in [0.5, 0.6) is 0 Å². The lowest BCUT2D eigenvalue weighted by Crippen LogP contribution is -2.51. The van der Waals surface area contributed by atoms with Crippen molar-refractivity contribution in [2.24, 2.45) is 0 Å². The molecule has 2 saturated heterocycles. The van der Waals surface area contributed by atoms with Crippen LogP contribution in [0, 0.1) is 13.8 Å². The summed E-state index contributed by atoms with van der Waals surface area (Å²) in [7, 11) is 0. The van der Waals surface area contributed by atoms with Crippen LogP contribution in [0.25, 0.3) is 22.2 Å². The molecule has 4 aromatic rings. The van der Waals surface area contributed by atoms with Gasteiger partial charge in [0.2, 0.25) is 5.91 Å². The van der Waals surface area contributed by atoms with E-state index in [9.17, 15) is 4.79 Å². The van der Waals surface area contributed by atoms with Crippen molar-refractivity contribution in [2.75, 3.05) is 39.4 Å². The third-order valence-electron chi connectivity index (χ3n) is 9.99. The number of benzene rings is 2. The van der Waals surface area contributed by atoms with Gasteiger partial charge in [0.1, 0.15) is 0 Å². The first kappa shape index (κ1) is 32.4. The number of piperidine rings is 1. The molecule has 1 spiro atoms. The molecule has 6 rings (SSSR count). The number of aromatic nitrogens is 2. The minimum Gasteiger partial charge on any atom is -0.354 e. The van der Waals surface area contributed by atoms with E-state index in [1.807, 2.05) is 17.3 Å². The van der Waals surface area contributed by atoms with Crippen molar-refractivity contribution in [3.05, 3.63) is 88.7 Å². The van der Waals surface area contributed by atoms with E-state index in [-0.39, 0.29) is 11.8 Å². The molecule has 0 saturated carbocycles. The fourth-order valence-corrected chi connectivity index (χ4v) is 7.36. The number of amides is 1. The number of pyridine rings is 1. The molecule has 2 aromatic carbocycles. The molecule has 2 fully saturated rings. The van der Waals surface area contributed by atoms with Gasteiger partial charge in [-0.2, -0.15) is 0 Å². The monoisotopic (exact) mass is 622 g/mol. The highest BCUT2D eigenvalue weighted by Crippen LogP contribution is 2.39. The maximum atomic E-state index is 14.0. The third kappa shape index (κ3) is 6.92. The zero-order valence-electron chi connectivity index (χ0n) is 28.2. The van der Waals surface area contributed by atoms with Crippen LogP contribution in [0.3, 0.4) is 0 Å². The number of H-pyrrole nitrogens is 1. The zero-order chi connectivity index (χ0) is 32.3. The van der Waals surface area contributed by atoms with Gasteiger partial charge in [-0.25, -0.2) is 0 Å². The second-order valence-electron chi connectivity index (χ2n) is 14.0. The van der Waals surface area contributed by atoms with Crippen molar-refractivity contribution in [1.82, 2.24) is 20.2 Å². The molecule has 0 unspecified atom stereocenters. The number of ether oxygens (including phenoxy) is 2. The molecule has 7 heteroatoms. The van der Waals surface area contributed by atoms with Crippen molar-refractivity contribution in [3.8, 4) is 11.3 Å². The van der Waals surface area contributed by atoms with Gasteiger partial charge in [0, 0.05) is 55.8 Å². The highest BCUT2D eigenvalue weighted by molar-refractivity contribution is 5.94. The van der Waals surface area contributed by atoms with E-state index >= 15 is 0 Å². The van der Waals surface area contributed by atoms with Crippen LogP contribution in [-0.2, 0) is 26.1 Å². The average Bonchev–Trinajstić information content (AvgIpc) is 3.67. The number of unbranched alkanes of at least 4 members (excludes halogenated alkanes) is 1. The Morgan fingerprint density at radius 1 is 1.00 bits per heavy atom. The first-order valence-electron chi connectivity index (χ1n) is 17.1. The lowest BCUT2D eigenvalue weighted by atomic mass is 9.81. The number of rotatable bonds is 11. The summed E-state index contributed by atoms with van der Waals surface area (Å²) in [6.07, 6.45) is 8.55. The third-order valence-corrected chi connectivity index (χ3v) is 9.99. The van der Waals surface area contributed by atoms with Crippen LogP contribution in [0.1, 0.15) is 80.2 Å². The summed E-state index contributed by atoms with van der Waals surface area (Å²) >= 11 is 0. The molecule has 2 aliphatic heterocycles. The summed E-state index contributed by atoms with van der Waals surface area (Å²) in [4.78, 5) is 23.9. The number of carbonyl (C=O) groups is 1. The molecule has 2 aliphatic rings. The summed E-state index contributed by atoms with van der Waals surface area (Å²) in [6, 6.07) is 17.5. The largest absolute Gasteiger partial charge is 0.354 e. The molecule has 0 radical (unpaired) electrons. The number of hydrogen-bond acceptors (Lipinski definition) is 5. The summed E-state index contributed by atoms with van der Waals surface area (Å²) < 4.78 is 11.8. The zero-order valence-corrected chi connectivity index (χ0v) is 28.2. The second kappa shape index (κ2) is 13.7. The SMILES string of the molecule is Cc1cc(C)cc(-c2[nH]c3ccc(C(C)(C)C(=O)N4CCC5(CC4)OCCO5)cc3c2[C@H](C)CNCCCCc2ccncc2)c1. The van der Waals surface area contributed by atoms with Crippen molar-refractivity contribution in [1.29, 1.82) is 0 Å². The summed E-state index contributed by atoms with van der Waals surface area (Å²) in [6.45, 7) is 15.2. The number of likely N-dealkylation sites (tertiary alicyclic amines) is 1. The number of hydrogen-bond donors (Lipinski definition) is 2. The minimum absolute atomic E-state index is 0.160. The molecule has 1 amide bonds. The fraction of sp³-hybridized carbons (Fsp3) is 0.487. The highest BCUT2D eigenvalue weighted by Gasteiger charge is 2.43.